The molecule has 0 atom stereocenters. The van der Waals surface area contributed by atoms with Crippen molar-refractivity contribution in [2.45, 2.75) is 6.61 Å². The summed E-state index contributed by atoms with van der Waals surface area (Å²) in [5, 5.41) is 3.29. The van der Waals surface area contributed by atoms with Crippen LogP contribution < -0.4 is 15.8 Å². The molecule has 0 aliphatic rings. The van der Waals surface area contributed by atoms with E-state index in [0.29, 0.717) is 22.0 Å². The first-order chi connectivity index (χ1) is 16.0. The Bertz CT molecular complexity index is 1290. The lowest BCUT2D eigenvalue weighted by Gasteiger charge is -2.11. The number of nitrogens with one attached hydrogen (secondary N) is 1. The highest BCUT2D eigenvalue weighted by Crippen LogP contribution is 2.24. The Kier molecular flexibility index (Phi) is 6.61. The Labute approximate surface area is 195 Å². The van der Waals surface area contributed by atoms with Crippen LogP contribution in [0.5, 0.6) is 5.75 Å². The Morgan fingerprint density at radius 1 is 0.939 bits per heavy atom. The van der Waals surface area contributed by atoms with Gasteiger partial charge in [-0.25, -0.2) is 0 Å². The fraction of sp³-hybridized carbons (Fsp3) is 0.0400. The second-order valence-corrected chi connectivity index (χ2v) is 7.53. The van der Waals surface area contributed by atoms with E-state index < -0.39 is 5.91 Å². The second-order valence-electron chi connectivity index (χ2n) is 7.12. The van der Waals surface area contributed by atoms with Crippen LogP contribution in [0, 0.1) is 0 Å². The summed E-state index contributed by atoms with van der Waals surface area (Å²) < 4.78 is 5.68. The number of anilines is 1. The highest BCUT2D eigenvalue weighted by atomic mass is 35.5. The zero-order valence-corrected chi connectivity index (χ0v) is 18.1. The number of carbonyl (C=O) groups is 2. The molecule has 3 N–H and O–H groups in total. The van der Waals surface area contributed by atoms with E-state index in [1.165, 1.54) is 18.5 Å². The van der Waals surface area contributed by atoms with Crippen LogP contribution in [-0.2, 0) is 6.61 Å². The molecule has 2 aromatic heterocycles. The number of pyridine rings is 2. The minimum atomic E-state index is -0.596. The number of ether oxygens (including phenoxy) is 1. The van der Waals surface area contributed by atoms with Gasteiger partial charge in [0, 0.05) is 34.2 Å². The molecular formula is C25H19ClN4O3. The number of aromatic nitrogens is 2. The normalized spacial score (nSPS) is 10.5. The summed E-state index contributed by atoms with van der Waals surface area (Å²) in [4.78, 5) is 32.2. The van der Waals surface area contributed by atoms with Gasteiger partial charge in [-0.05, 0) is 35.9 Å². The lowest BCUT2D eigenvalue weighted by Crippen LogP contribution is -2.14. The van der Waals surface area contributed by atoms with E-state index in [1.807, 2.05) is 36.4 Å². The third-order valence-electron chi connectivity index (χ3n) is 4.80. The summed E-state index contributed by atoms with van der Waals surface area (Å²) in [7, 11) is 0. The number of benzene rings is 2. The molecule has 0 saturated heterocycles. The largest absolute Gasteiger partial charge is 0.487 e. The van der Waals surface area contributed by atoms with Crippen molar-refractivity contribution >= 4 is 29.1 Å². The molecule has 0 aliphatic heterocycles. The monoisotopic (exact) mass is 458 g/mol. The number of primary amides is 1. The molecule has 164 valence electrons. The number of nitrogens with zero attached hydrogens (tertiary/aromatic N) is 2. The predicted molar refractivity (Wildman–Crippen MR) is 126 cm³/mol. The van der Waals surface area contributed by atoms with Gasteiger partial charge < -0.3 is 15.8 Å². The predicted octanol–water partition coefficient (Wildman–Crippen LogP) is 4.73. The van der Waals surface area contributed by atoms with Crippen LogP contribution in [0.15, 0.2) is 85.3 Å². The molecule has 0 fully saturated rings. The minimum absolute atomic E-state index is 0.108. The van der Waals surface area contributed by atoms with Gasteiger partial charge in [-0.1, -0.05) is 48.0 Å². The zero-order valence-electron chi connectivity index (χ0n) is 17.4. The van der Waals surface area contributed by atoms with Crippen LogP contribution in [0.4, 0.5) is 5.69 Å². The zero-order chi connectivity index (χ0) is 23.2. The molecule has 4 aromatic rings. The van der Waals surface area contributed by atoms with E-state index in [1.54, 1.807) is 30.5 Å². The number of rotatable bonds is 7. The first kappa shape index (κ1) is 22.0. The lowest BCUT2D eigenvalue weighted by molar-refractivity contribution is 0.0996. The molecule has 0 spiro atoms. The molecule has 2 heterocycles. The molecule has 2 aromatic carbocycles. The molecular weight excluding hydrogens is 440 g/mol. The van der Waals surface area contributed by atoms with E-state index in [0.717, 1.165) is 11.1 Å². The van der Waals surface area contributed by atoms with Gasteiger partial charge >= 0.3 is 0 Å². The summed E-state index contributed by atoms with van der Waals surface area (Å²) in [5.74, 6) is -0.567. The van der Waals surface area contributed by atoms with Gasteiger partial charge in [-0.3, -0.25) is 19.6 Å². The Morgan fingerprint density at radius 2 is 1.76 bits per heavy atom. The summed E-state index contributed by atoms with van der Waals surface area (Å²) in [6, 6.07) is 19.9. The number of halogens is 1. The van der Waals surface area contributed by atoms with Gasteiger partial charge in [0.1, 0.15) is 18.1 Å². The van der Waals surface area contributed by atoms with Gasteiger partial charge in [0.2, 0.25) is 5.91 Å². The SMILES string of the molecule is NC(=O)c1cncc(OCc2cc(NC(=O)c3ccc(-c4ccccc4)cn3)ccc2Cl)c1. The third-order valence-corrected chi connectivity index (χ3v) is 5.17. The van der Waals surface area contributed by atoms with Crippen LogP contribution in [-0.4, -0.2) is 21.8 Å². The highest BCUT2D eigenvalue weighted by molar-refractivity contribution is 6.31. The van der Waals surface area contributed by atoms with Crippen LogP contribution >= 0.6 is 11.6 Å². The van der Waals surface area contributed by atoms with Crippen LogP contribution in [0.25, 0.3) is 11.1 Å². The summed E-state index contributed by atoms with van der Waals surface area (Å²) in [6.45, 7) is 0.108. The van der Waals surface area contributed by atoms with Gasteiger partial charge in [0.05, 0.1) is 11.8 Å². The first-order valence-electron chi connectivity index (χ1n) is 9.98. The molecule has 0 bridgehead atoms. The number of hydrogen-bond donors (Lipinski definition) is 2. The van der Waals surface area contributed by atoms with E-state index in [-0.39, 0.29) is 23.8 Å². The highest BCUT2D eigenvalue weighted by Gasteiger charge is 2.11. The van der Waals surface area contributed by atoms with Crippen LogP contribution in [0.3, 0.4) is 0 Å². The summed E-state index contributed by atoms with van der Waals surface area (Å²) in [5.41, 5.74) is 8.93. The fourth-order valence-corrected chi connectivity index (χ4v) is 3.25. The molecule has 2 amide bonds. The van der Waals surface area contributed by atoms with Crippen molar-refractivity contribution in [2.24, 2.45) is 5.73 Å². The van der Waals surface area contributed by atoms with Crippen molar-refractivity contribution in [3.63, 3.8) is 0 Å². The van der Waals surface area contributed by atoms with Crippen molar-refractivity contribution < 1.29 is 14.3 Å². The summed E-state index contributed by atoms with van der Waals surface area (Å²) >= 11 is 6.28. The Hall–Kier alpha value is -4.23. The van der Waals surface area contributed by atoms with Gasteiger partial charge in [0.25, 0.3) is 5.91 Å². The average Bonchev–Trinajstić information content (AvgIpc) is 2.85. The van der Waals surface area contributed by atoms with Crippen molar-refractivity contribution in [3.05, 3.63) is 107 Å². The molecule has 0 aliphatic carbocycles. The quantitative estimate of drug-likeness (QED) is 0.416. The number of nitrogens with two attached hydrogens (primary N) is 1. The minimum Gasteiger partial charge on any atom is -0.487 e. The molecule has 4 rings (SSSR count). The average molecular weight is 459 g/mol. The number of hydrogen-bond acceptors (Lipinski definition) is 5. The standard InChI is InChI=1S/C25H19ClN4O3/c26-22-8-7-20(10-19(22)15-33-21-11-18(24(27)31)12-28-14-21)30-25(32)23-9-6-17(13-29-23)16-4-2-1-3-5-16/h1-14H,15H2,(H2,27,31)(H,30,32). The molecule has 7 nitrogen and oxygen atoms in total. The van der Waals surface area contributed by atoms with Gasteiger partial charge in [-0.15, -0.1) is 0 Å². The Balaban J connectivity index is 1.43. The molecule has 0 radical (unpaired) electrons. The number of amides is 2. The maximum Gasteiger partial charge on any atom is 0.274 e. The maximum absolute atomic E-state index is 12.6. The van der Waals surface area contributed by atoms with Crippen molar-refractivity contribution in [3.8, 4) is 16.9 Å². The van der Waals surface area contributed by atoms with Gasteiger partial charge in [0.15, 0.2) is 0 Å². The fourth-order valence-electron chi connectivity index (χ4n) is 3.08. The second kappa shape index (κ2) is 9.93. The van der Waals surface area contributed by atoms with Crippen molar-refractivity contribution in [1.82, 2.24) is 9.97 Å². The van der Waals surface area contributed by atoms with Crippen LogP contribution in [0.2, 0.25) is 5.02 Å². The first-order valence-corrected chi connectivity index (χ1v) is 10.4. The molecule has 8 heteroatoms. The van der Waals surface area contributed by atoms with Crippen molar-refractivity contribution in [2.75, 3.05) is 5.32 Å². The van der Waals surface area contributed by atoms with Crippen molar-refractivity contribution in [1.29, 1.82) is 0 Å². The van der Waals surface area contributed by atoms with E-state index in [9.17, 15) is 9.59 Å². The topological polar surface area (TPSA) is 107 Å². The van der Waals surface area contributed by atoms with E-state index >= 15 is 0 Å². The Morgan fingerprint density at radius 3 is 2.48 bits per heavy atom. The molecule has 33 heavy (non-hydrogen) atoms. The lowest BCUT2D eigenvalue weighted by atomic mass is 10.1. The van der Waals surface area contributed by atoms with E-state index in [4.69, 9.17) is 22.1 Å². The smallest absolute Gasteiger partial charge is 0.274 e. The maximum atomic E-state index is 12.6. The molecule has 0 saturated carbocycles. The summed E-state index contributed by atoms with van der Waals surface area (Å²) in [6.07, 6.45) is 4.50. The number of carbonyl (C=O) groups excluding carboxylic acids is 2. The van der Waals surface area contributed by atoms with Gasteiger partial charge in [-0.2, -0.15) is 0 Å². The van der Waals surface area contributed by atoms with E-state index in [2.05, 4.69) is 15.3 Å². The van der Waals surface area contributed by atoms with Crippen LogP contribution in [0.1, 0.15) is 26.4 Å². The molecule has 0 unspecified atom stereocenters. The third kappa shape index (κ3) is 5.53.